The molecule has 3 aromatic rings. The molecule has 1 N–H and O–H groups in total. The highest BCUT2D eigenvalue weighted by molar-refractivity contribution is 5.93. The van der Waals surface area contributed by atoms with E-state index in [2.05, 4.69) is 53.6 Å². The Morgan fingerprint density at radius 2 is 1.80 bits per heavy atom. The molecule has 5 rings (SSSR count). The first-order chi connectivity index (χ1) is 17.1. The third-order valence-electron chi connectivity index (χ3n) is 7.09. The van der Waals surface area contributed by atoms with Crippen molar-refractivity contribution in [2.24, 2.45) is 5.92 Å². The number of fused-ring (bicyclic) bond motifs is 1. The standard InChI is InChI=1S/C28H32N4O3/c1-20-7-9-22(10-8-20)25-17-32-19-30-26(24(32)18-35-25)28(34)31-15-12-23(13-16-31)27(33)29-14-11-21-5-3-2-4-6-21/h2-10,19,23,25H,11-18H2,1H3,(H,29,33)/t25-/m0/s1. The Hall–Kier alpha value is -3.45. The molecule has 35 heavy (non-hydrogen) atoms. The molecule has 1 fully saturated rings. The second-order valence-corrected chi connectivity index (χ2v) is 9.50. The van der Waals surface area contributed by atoms with Crippen LogP contribution >= 0.6 is 0 Å². The van der Waals surface area contributed by atoms with E-state index >= 15 is 0 Å². The molecular formula is C28H32N4O3. The number of hydrogen-bond acceptors (Lipinski definition) is 4. The van der Waals surface area contributed by atoms with E-state index in [-0.39, 0.29) is 23.8 Å². The van der Waals surface area contributed by atoms with Crippen LogP contribution < -0.4 is 5.32 Å². The van der Waals surface area contributed by atoms with Crippen molar-refractivity contribution >= 4 is 11.8 Å². The summed E-state index contributed by atoms with van der Waals surface area (Å²) in [5.41, 5.74) is 4.86. The van der Waals surface area contributed by atoms with E-state index < -0.39 is 0 Å². The van der Waals surface area contributed by atoms with Gasteiger partial charge in [0.05, 0.1) is 25.2 Å². The number of imidazole rings is 1. The van der Waals surface area contributed by atoms with E-state index in [1.54, 1.807) is 6.33 Å². The number of nitrogens with zero attached hydrogens (tertiary/aromatic N) is 3. The SMILES string of the molecule is Cc1ccc([C@@H]2Cn3cnc(C(=O)N4CCC(C(=O)NCCc5ccccc5)CC4)c3CO2)cc1. The van der Waals surface area contributed by atoms with E-state index in [1.807, 2.05) is 27.7 Å². The van der Waals surface area contributed by atoms with E-state index in [9.17, 15) is 9.59 Å². The van der Waals surface area contributed by atoms with Crippen molar-refractivity contribution in [2.45, 2.75) is 45.4 Å². The van der Waals surface area contributed by atoms with Crippen LogP contribution in [0, 0.1) is 12.8 Å². The van der Waals surface area contributed by atoms with Crippen molar-refractivity contribution < 1.29 is 14.3 Å². The van der Waals surface area contributed by atoms with Gasteiger partial charge in [0.1, 0.15) is 6.10 Å². The Balaban J connectivity index is 1.13. The van der Waals surface area contributed by atoms with Gasteiger partial charge in [-0.25, -0.2) is 4.98 Å². The molecule has 2 aliphatic rings. The van der Waals surface area contributed by atoms with Crippen molar-refractivity contribution in [3.8, 4) is 0 Å². The fraction of sp³-hybridized carbons (Fsp3) is 0.393. The Labute approximate surface area is 206 Å². The molecule has 2 aromatic carbocycles. The molecule has 0 spiro atoms. The maximum Gasteiger partial charge on any atom is 0.274 e. The van der Waals surface area contributed by atoms with Crippen LogP contribution in [-0.4, -0.2) is 45.9 Å². The maximum absolute atomic E-state index is 13.2. The predicted octanol–water partition coefficient (Wildman–Crippen LogP) is 3.67. The molecule has 7 nitrogen and oxygen atoms in total. The first-order valence-corrected chi connectivity index (χ1v) is 12.4. The smallest absolute Gasteiger partial charge is 0.274 e. The molecule has 2 amide bonds. The van der Waals surface area contributed by atoms with E-state index in [0.29, 0.717) is 51.3 Å². The average molecular weight is 473 g/mol. The minimum atomic E-state index is -0.0703. The number of amides is 2. The molecule has 1 aromatic heterocycles. The van der Waals surface area contributed by atoms with Gasteiger partial charge in [0, 0.05) is 25.6 Å². The molecule has 7 heteroatoms. The van der Waals surface area contributed by atoms with Crippen LogP contribution in [0.2, 0.25) is 0 Å². The van der Waals surface area contributed by atoms with Gasteiger partial charge >= 0.3 is 0 Å². The largest absolute Gasteiger partial charge is 0.365 e. The third kappa shape index (κ3) is 5.30. The number of piperidine rings is 1. The Kier molecular flexibility index (Phi) is 6.95. The van der Waals surface area contributed by atoms with Gasteiger partial charge in [-0.15, -0.1) is 0 Å². The predicted molar refractivity (Wildman–Crippen MR) is 133 cm³/mol. The minimum absolute atomic E-state index is 0.0450. The molecule has 182 valence electrons. The van der Waals surface area contributed by atoms with E-state index in [1.165, 1.54) is 11.1 Å². The number of aromatic nitrogens is 2. The number of aryl methyl sites for hydroxylation is 1. The molecule has 0 bridgehead atoms. The Bertz CT molecular complexity index is 1160. The summed E-state index contributed by atoms with van der Waals surface area (Å²) in [4.78, 5) is 32.1. The van der Waals surface area contributed by atoms with Gasteiger partial charge in [0.15, 0.2) is 5.69 Å². The fourth-order valence-electron chi connectivity index (χ4n) is 4.90. The van der Waals surface area contributed by atoms with Gasteiger partial charge in [0.25, 0.3) is 5.91 Å². The summed E-state index contributed by atoms with van der Waals surface area (Å²) in [6.45, 7) is 4.83. The molecule has 1 atom stereocenters. The number of nitrogens with one attached hydrogen (secondary N) is 1. The van der Waals surface area contributed by atoms with Gasteiger partial charge < -0.3 is 19.5 Å². The quantitative estimate of drug-likeness (QED) is 0.594. The third-order valence-corrected chi connectivity index (χ3v) is 7.09. The lowest BCUT2D eigenvalue weighted by Gasteiger charge is -2.31. The van der Waals surface area contributed by atoms with Gasteiger partial charge in [-0.05, 0) is 37.3 Å². The summed E-state index contributed by atoms with van der Waals surface area (Å²) in [5, 5.41) is 3.06. The zero-order valence-corrected chi connectivity index (χ0v) is 20.2. The zero-order chi connectivity index (χ0) is 24.2. The van der Waals surface area contributed by atoms with Crippen LogP contribution in [0.5, 0.6) is 0 Å². The van der Waals surface area contributed by atoms with Crippen molar-refractivity contribution in [2.75, 3.05) is 19.6 Å². The summed E-state index contributed by atoms with van der Waals surface area (Å²) in [6.07, 6.45) is 3.87. The molecule has 0 radical (unpaired) electrons. The first-order valence-electron chi connectivity index (χ1n) is 12.4. The summed E-state index contributed by atoms with van der Waals surface area (Å²) < 4.78 is 8.14. The lowest BCUT2D eigenvalue weighted by molar-refractivity contribution is -0.126. The number of likely N-dealkylation sites (tertiary alicyclic amines) is 1. The molecule has 2 aliphatic heterocycles. The fourth-order valence-corrected chi connectivity index (χ4v) is 4.90. The highest BCUT2D eigenvalue weighted by Crippen LogP contribution is 2.29. The highest BCUT2D eigenvalue weighted by Gasteiger charge is 2.32. The van der Waals surface area contributed by atoms with Gasteiger partial charge in [-0.2, -0.15) is 0 Å². The molecule has 3 heterocycles. The van der Waals surface area contributed by atoms with Crippen LogP contribution in [0.15, 0.2) is 60.9 Å². The molecular weight excluding hydrogens is 440 g/mol. The Morgan fingerprint density at radius 3 is 2.54 bits per heavy atom. The minimum Gasteiger partial charge on any atom is -0.365 e. The average Bonchev–Trinajstić information content (AvgIpc) is 3.33. The molecule has 0 unspecified atom stereocenters. The van der Waals surface area contributed by atoms with Crippen LogP contribution in [0.25, 0.3) is 0 Å². The van der Waals surface area contributed by atoms with E-state index in [0.717, 1.165) is 17.7 Å². The number of carbonyl (C=O) groups excluding carboxylic acids is 2. The summed E-state index contributed by atoms with van der Waals surface area (Å²) >= 11 is 0. The molecule has 0 saturated carbocycles. The summed E-state index contributed by atoms with van der Waals surface area (Å²) in [7, 11) is 0. The topological polar surface area (TPSA) is 76.5 Å². The summed E-state index contributed by atoms with van der Waals surface area (Å²) in [5.74, 6) is -0.0358. The maximum atomic E-state index is 13.2. The number of carbonyl (C=O) groups is 2. The van der Waals surface area contributed by atoms with Crippen LogP contribution in [0.3, 0.4) is 0 Å². The second kappa shape index (κ2) is 10.4. The van der Waals surface area contributed by atoms with Crippen molar-refractivity contribution in [3.05, 3.63) is 89.0 Å². The first kappa shape index (κ1) is 23.3. The molecule has 0 aliphatic carbocycles. The normalized spacial score (nSPS) is 18.2. The summed E-state index contributed by atoms with van der Waals surface area (Å²) in [6, 6.07) is 18.5. The number of ether oxygens (including phenoxy) is 1. The zero-order valence-electron chi connectivity index (χ0n) is 20.2. The van der Waals surface area contributed by atoms with Gasteiger partial charge in [-0.1, -0.05) is 60.2 Å². The number of hydrogen-bond donors (Lipinski definition) is 1. The molecule has 1 saturated heterocycles. The van der Waals surface area contributed by atoms with Crippen LogP contribution in [-0.2, 0) is 29.1 Å². The van der Waals surface area contributed by atoms with Crippen LogP contribution in [0.1, 0.15) is 51.8 Å². The lowest BCUT2D eigenvalue weighted by atomic mass is 9.95. The second-order valence-electron chi connectivity index (χ2n) is 9.50. The number of rotatable bonds is 6. The van der Waals surface area contributed by atoms with Crippen molar-refractivity contribution in [1.82, 2.24) is 19.8 Å². The Morgan fingerprint density at radius 1 is 1.06 bits per heavy atom. The van der Waals surface area contributed by atoms with E-state index in [4.69, 9.17) is 4.74 Å². The monoisotopic (exact) mass is 472 g/mol. The van der Waals surface area contributed by atoms with Gasteiger partial charge in [0.2, 0.25) is 5.91 Å². The number of benzene rings is 2. The van der Waals surface area contributed by atoms with Crippen molar-refractivity contribution in [3.63, 3.8) is 0 Å². The van der Waals surface area contributed by atoms with Crippen LogP contribution in [0.4, 0.5) is 0 Å². The lowest BCUT2D eigenvalue weighted by Crippen LogP contribution is -2.43. The van der Waals surface area contributed by atoms with Gasteiger partial charge in [-0.3, -0.25) is 9.59 Å². The van der Waals surface area contributed by atoms with Crippen molar-refractivity contribution in [1.29, 1.82) is 0 Å². The highest BCUT2D eigenvalue weighted by atomic mass is 16.5.